The average Bonchev–Trinajstić information content (AvgIpc) is 3.09. The van der Waals surface area contributed by atoms with Crippen molar-refractivity contribution in [3.63, 3.8) is 0 Å². The van der Waals surface area contributed by atoms with Crippen LogP contribution in [-0.4, -0.2) is 32.9 Å². The molecule has 0 fully saturated rings. The van der Waals surface area contributed by atoms with E-state index < -0.39 is 17.3 Å². The fraction of sp³-hybridized carbons (Fsp3) is 0.385. The van der Waals surface area contributed by atoms with Gasteiger partial charge in [-0.25, -0.2) is 9.59 Å². The van der Waals surface area contributed by atoms with E-state index in [0.717, 1.165) is 22.0 Å². The van der Waals surface area contributed by atoms with Crippen molar-refractivity contribution >= 4 is 23.1 Å². The van der Waals surface area contributed by atoms with Crippen LogP contribution in [0.25, 0.3) is 10.9 Å². The number of amides is 1. The fourth-order valence-electron chi connectivity index (χ4n) is 3.30. The number of fused-ring (bicyclic) bond motifs is 1. The normalized spacial score (nSPS) is 11.9. The van der Waals surface area contributed by atoms with Gasteiger partial charge in [0.1, 0.15) is 11.2 Å². The summed E-state index contributed by atoms with van der Waals surface area (Å²) in [5.74, 6) is 0. The standard InChI is InChI=1S/C26H32N2O4/c1-25(2,3)31-23(29)27(17-19-10-8-7-9-11-19)18-20-12-13-22-21(16-20)14-15-28(22)24(30)32-26(4,5)6/h7-16H,17-18H2,1-6H3. The maximum atomic E-state index is 12.9. The molecule has 0 radical (unpaired) electrons. The molecule has 1 heterocycles. The number of carbonyl (C=O) groups excluding carboxylic acids is 2. The summed E-state index contributed by atoms with van der Waals surface area (Å²) in [6.07, 6.45) is 0.922. The molecule has 170 valence electrons. The SMILES string of the molecule is CC(C)(C)OC(=O)N(Cc1ccccc1)Cc1ccc2c(ccn2C(=O)OC(C)(C)C)c1. The Morgan fingerprint density at radius 3 is 2.06 bits per heavy atom. The van der Waals surface area contributed by atoms with Crippen molar-refractivity contribution in [3.8, 4) is 0 Å². The molecule has 0 N–H and O–H groups in total. The molecule has 6 heteroatoms. The third-order valence-corrected chi connectivity index (χ3v) is 4.59. The number of aromatic nitrogens is 1. The van der Waals surface area contributed by atoms with Crippen LogP contribution in [0.2, 0.25) is 0 Å². The van der Waals surface area contributed by atoms with Crippen LogP contribution in [0.15, 0.2) is 60.8 Å². The first-order valence-electron chi connectivity index (χ1n) is 10.8. The van der Waals surface area contributed by atoms with E-state index in [4.69, 9.17) is 9.47 Å². The zero-order valence-corrected chi connectivity index (χ0v) is 19.7. The van der Waals surface area contributed by atoms with Gasteiger partial charge in [-0.05, 0) is 70.9 Å². The Bertz CT molecular complexity index is 1090. The van der Waals surface area contributed by atoms with E-state index in [1.54, 1.807) is 11.1 Å². The molecule has 3 aromatic rings. The van der Waals surface area contributed by atoms with Crippen molar-refractivity contribution < 1.29 is 19.1 Å². The topological polar surface area (TPSA) is 60.8 Å². The number of benzene rings is 2. The molecule has 1 aromatic heterocycles. The Kier molecular flexibility index (Phi) is 6.63. The summed E-state index contributed by atoms with van der Waals surface area (Å²) in [7, 11) is 0. The second-order valence-corrected chi connectivity index (χ2v) is 9.88. The molecule has 3 rings (SSSR count). The predicted molar refractivity (Wildman–Crippen MR) is 125 cm³/mol. The Labute approximate surface area is 189 Å². The number of ether oxygens (including phenoxy) is 2. The molecule has 0 saturated heterocycles. The van der Waals surface area contributed by atoms with Crippen LogP contribution in [0.4, 0.5) is 9.59 Å². The van der Waals surface area contributed by atoms with Gasteiger partial charge in [-0.2, -0.15) is 0 Å². The number of hydrogen-bond acceptors (Lipinski definition) is 4. The molecule has 0 aliphatic rings. The molecule has 0 unspecified atom stereocenters. The summed E-state index contributed by atoms with van der Waals surface area (Å²) in [4.78, 5) is 27.1. The van der Waals surface area contributed by atoms with Crippen LogP contribution in [-0.2, 0) is 22.6 Å². The van der Waals surface area contributed by atoms with Crippen molar-refractivity contribution in [2.75, 3.05) is 0 Å². The van der Waals surface area contributed by atoms with Gasteiger partial charge in [0.15, 0.2) is 0 Å². The zero-order chi connectivity index (χ0) is 23.5. The van der Waals surface area contributed by atoms with Gasteiger partial charge in [-0.3, -0.25) is 9.47 Å². The molecule has 0 atom stereocenters. The summed E-state index contributed by atoms with van der Waals surface area (Å²) in [6.45, 7) is 11.9. The maximum absolute atomic E-state index is 12.9. The zero-order valence-electron chi connectivity index (χ0n) is 19.7. The predicted octanol–water partition coefficient (Wildman–Crippen LogP) is 6.36. The average molecular weight is 437 g/mol. The van der Waals surface area contributed by atoms with Gasteiger partial charge in [-0.15, -0.1) is 0 Å². The monoisotopic (exact) mass is 436 g/mol. The molecular weight excluding hydrogens is 404 g/mol. The summed E-state index contributed by atoms with van der Waals surface area (Å²) in [5.41, 5.74) is 1.58. The van der Waals surface area contributed by atoms with E-state index in [9.17, 15) is 9.59 Å². The molecule has 6 nitrogen and oxygen atoms in total. The smallest absolute Gasteiger partial charge is 0.418 e. The van der Waals surface area contributed by atoms with Gasteiger partial charge in [-0.1, -0.05) is 36.4 Å². The summed E-state index contributed by atoms with van der Waals surface area (Å²) < 4.78 is 12.6. The third kappa shape index (κ3) is 6.36. The van der Waals surface area contributed by atoms with E-state index in [1.165, 1.54) is 4.57 Å². The van der Waals surface area contributed by atoms with Crippen LogP contribution in [0.1, 0.15) is 52.7 Å². The van der Waals surface area contributed by atoms with Crippen LogP contribution >= 0.6 is 0 Å². The Morgan fingerprint density at radius 1 is 0.812 bits per heavy atom. The van der Waals surface area contributed by atoms with Crippen molar-refractivity contribution in [2.24, 2.45) is 0 Å². The van der Waals surface area contributed by atoms with Crippen molar-refractivity contribution in [3.05, 3.63) is 71.9 Å². The minimum Gasteiger partial charge on any atom is -0.444 e. The van der Waals surface area contributed by atoms with Gasteiger partial charge in [0.2, 0.25) is 0 Å². The molecule has 1 amide bonds. The lowest BCUT2D eigenvalue weighted by Gasteiger charge is -2.27. The van der Waals surface area contributed by atoms with Crippen LogP contribution in [0.3, 0.4) is 0 Å². The van der Waals surface area contributed by atoms with Gasteiger partial charge >= 0.3 is 12.2 Å². The molecule has 32 heavy (non-hydrogen) atoms. The van der Waals surface area contributed by atoms with Crippen LogP contribution in [0, 0.1) is 0 Å². The lowest BCUT2D eigenvalue weighted by atomic mass is 10.1. The minimum atomic E-state index is -0.583. The number of hydrogen-bond donors (Lipinski definition) is 0. The molecule has 2 aromatic carbocycles. The number of carbonyl (C=O) groups is 2. The summed E-state index contributed by atoms with van der Waals surface area (Å²) in [5, 5.41) is 0.900. The third-order valence-electron chi connectivity index (χ3n) is 4.59. The number of rotatable bonds is 4. The van der Waals surface area contributed by atoms with Gasteiger partial charge in [0.25, 0.3) is 0 Å². The molecule has 0 aliphatic heterocycles. The Morgan fingerprint density at radius 2 is 1.44 bits per heavy atom. The van der Waals surface area contributed by atoms with E-state index in [0.29, 0.717) is 13.1 Å². The van der Waals surface area contributed by atoms with Gasteiger partial charge in [0.05, 0.1) is 5.52 Å². The molecule has 0 spiro atoms. The first kappa shape index (κ1) is 23.4. The minimum absolute atomic E-state index is 0.368. The van der Waals surface area contributed by atoms with E-state index in [2.05, 4.69) is 0 Å². The van der Waals surface area contributed by atoms with E-state index >= 15 is 0 Å². The highest BCUT2D eigenvalue weighted by Crippen LogP contribution is 2.22. The van der Waals surface area contributed by atoms with E-state index in [-0.39, 0.29) is 6.09 Å². The Balaban J connectivity index is 1.84. The van der Waals surface area contributed by atoms with Gasteiger partial charge < -0.3 is 9.47 Å². The van der Waals surface area contributed by atoms with Crippen molar-refractivity contribution in [1.82, 2.24) is 9.47 Å². The quantitative estimate of drug-likeness (QED) is 0.477. The second-order valence-electron chi connectivity index (χ2n) is 9.88. The van der Waals surface area contributed by atoms with Crippen LogP contribution < -0.4 is 0 Å². The second kappa shape index (κ2) is 9.07. The molecule has 0 aliphatic carbocycles. The largest absolute Gasteiger partial charge is 0.444 e. The first-order chi connectivity index (χ1) is 14.9. The highest BCUT2D eigenvalue weighted by molar-refractivity contribution is 5.90. The van der Waals surface area contributed by atoms with Crippen LogP contribution in [0.5, 0.6) is 0 Å². The maximum Gasteiger partial charge on any atom is 0.418 e. The van der Waals surface area contributed by atoms with Gasteiger partial charge in [0, 0.05) is 24.7 Å². The lowest BCUT2D eigenvalue weighted by Crippen LogP contribution is -2.36. The lowest BCUT2D eigenvalue weighted by molar-refractivity contribution is 0.0216. The highest BCUT2D eigenvalue weighted by Gasteiger charge is 2.23. The highest BCUT2D eigenvalue weighted by atomic mass is 16.6. The van der Waals surface area contributed by atoms with Crippen molar-refractivity contribution in [1.29, 1.82) is 0 Å². The molecule has 0 bridgehead atoms. The molecular formula is C26H32N2O4. The fourth-order valence-corrected chi connectivity index (χ4v) is 3.30. The summed E-state index contributed by atoms with van der Waals surface area (Å²) in [6, 6.07) is 17.5. The number of nitrogens with zero attached hydrogens (tertiary/aromatic N) is 2. The summed E-state index contributed by atoms with van der Waals surface area (Å²) >= 11 is 0. The first-order valence-corrected chi connectivity index (χ1v) is 10.8. The molecule has 0 saturated carbocycles. The van der Waals surface area contributed by atoms with Crippen molar-refractivity contribution in [2.45, 2.75) is 65.8 Å². The Hall–Kier alpha value is -3.28. The van der Waals surface area contributed by atoms with E-state index in [1.807, 2.05) is 96.1 Å².